The van der Waals surface area contributed by atoms with E-state index in [9.17, 15) is 13.5 Å². The lowest BCUT2D eigenvalue weighted by molar-refractivity contribution is 0.0891. The summed E-state index contributed by atoms with van der Waals surface area (Å²) in [5.74, 6) is 1.41. The first-order chi connectivity index (χ1) is 12.8. The van der Waals surface area contributed by atoms with Crippen LogP contribution in [0.5, 0.6) is 17.2 Å². The molecule has 0 radical (unpaired) electrons. The van der Waals surface area contributed by atoms with Crippen molar-refractivity contribution < 1.29 is 27.7 Å². The van der Waals surface area contributed by atoms with Gasteiger partial charge in [-0.1, -0.05) is 18.2 Å². The number of aliphatic hydroxyl groups excluding tert-OH is 1. The molecular weight excluding hydrogens is 370 g/mol. The number of benzene rings is 2. The summed E-state index contributed by atoms with van der Waals surface area (Å²) in [6, 6.07) is 9.39. The van der Waals surface area contributed by atoms with Gasteiger partial charge in [-0.25, -0.2) is 8.42 Å². The number of fused-ring (bicyclic) bond motifs is 1. The van der Waals surface area contributed by atoms with Crippen LogP contribution in [0, 0.1) is 0 Å². The van der Waals surface area contributed by atoms with Crippen molar-refractivity contribution in [3.8, 4) is 17.2 Å². The van der Waals surface area contributed by atoms with Crippen molar-refractivity contribution in [1.29, 1.82) is 0 Å². The van der Waals surface area contributed by atoms with Crippen molar-refractivity contribution in [2.45, 2.75) is 23.5 Å². The minimum Gasteiger partial charge on any atom is -0.493 e. The summed E-state index contributed by atoms with van der Waals surface area (Å²) in [6.45, 7) is 0. The van der Waals surface area contributed by atoms with Crippen LogP contribution in [0.4, 0.5) is 0 Å². The van der Waals surface area contributed by atoms with Gasteiger partial charge in [0.25, 0.3) is 0 Å². The first kappa shape index (κ1) is 19.5. The van der Waals surface area contributed by atoms with Gasteiger partial charge in [0.2, 0.25) is 15.8 Å². The second-order valence-corrected chi connectivity index (χ2v) is 8.27. The maximum Gasteiger partial charge on any atom is 0.243 e. The molecule has 0 bridgehead atoms. The molecule has 0 aliphatic carbocycles. The van der Waals surface area contributed by atoms with E-state index in [1.807, 2.05) is 0 Å². The van der Waals surface area contributed by atoms with E-state index in [-0.39, 0.29) is 11.3 Å². The van der Waals surface area contributed by atoms with Crippen LogP contribution in [0.2, 0.25) is 0 Å². The standard InChI is InChI=1S/C19H23NO6S/c1-20-14(18(21)13-7-5-6-8-17(13)27(20,22)23)9-12-10-15(24-2)19(26-4)16(11-12)25-3/h5-8,10-11,14,18,21H,9H2,1-4H3/t14-,18-/m0/s1. The van der Waals surface area contributed by atoms with E-state index in [1.165, 1.54) is 38.7 Å². The molecule has 0 spiro atoms. The Morgan fingerprint density at radius 3 is 2.19 bits per heavy atom. The summed E-state index contributed by atoms with van der Waals surface area (Å²) in [5, 5.41) is 10.8. The molecule has 1 aliphatic heterocycles. The number of sulfonamides is 1. The molecule has 0 aromatic heterocycles. The average Bonchev–Trinajstić information content (AvgIpc) is 2.69. The van der Waals surface area contributed by atoms with Gasteiger partial charge in [-0.15, -0.1) is 0 Å². The Labute approximate surface area is 159 Å². The molecule has 0 amide bonds. The van der Waals surface area contributed by atoms with E-state index < -0.39 is 22.2 Å². The minimum atomic E-state index is -3.68. The molecule has 1 aliphatic rings. The van der Waals surface area contributed by atoms with Crippen molar-refractivity contribution in [2.24, 2.45) is 0 Å². The van der Waals surface area contributed by atoms with Crippen LogP contribution in [-0.2, 0) is 16.4 Å². The number of methoxy groups -OCH3 is 3. The van der Waals surface area contributed by atoms with Gasteiger partial charge in [0.15, 0.2) is 11.5 Å². The Kier molecular flexibility index (Phi) is 5.32. The van der Waals surface area contributed by atoms with Gasteiger partial charge >= 0.3 is 0 Å². The smallest absolute Gasteiger partial charge is 0.243 e. The predicted molar refractivity (Wildman–Crippen MR) is 99.9 cm³/mol. The third-order valence-electron chi connectivity index (χ3n) is 4.90. The van der Waals surface area contributed by atoms with E-state index >= 15 is 0 Å². The highest BCUT2D eigenvalue weighted by atomic mass is 32.2. The first-order valence-electron chi connectivity index (χ1n) is 8.39. The maximum absolute atomic E-state index is 12.8. The molecule has 1 heterocycles. The van der Waals surface area contributed by atoms with E-state index in [0.717, 1.165) is 5.56 Å². The molecule has 1 N–H and O–H groups in total. The maximum atomic E-state index is 12.8. The number of hydrogen-bond acceptors (Lipinski definition) is 6. The summed E-state index contributed by atoms with van der Waals surface area (Å²) >= 11 is 0. The monoisotopic (exact) mass is 393 g/mol. The number of nitrogens with zero attached hydrogens (tertiary/aromatic N) is 1. The normalized spacial score (nSPS) is 21.4. The van der Waals surface area contributed by atoms with Crippen molar-refractivity contribution in [3.63, 3.8) is 0 Å². The molecular formula is C19H23NO6S. The van der Waals surface area contributed by atoms with Crippen LogP contribution < -0.4 is 14.2 Å². The van der Waals surface area contributed by atoms with E-state index in [0.29, 0.717) is 22.8 Å². The fourth-order valence-corrected chi connectivity index (χ4v) is 5.03. The van der Waals surface area contributed by atoms with Crippen LogP contribution in [0.1, 0.15) is 17.2 Å². The van der Waals surface area contributed by atoms with Gasteiger partial charge in [0.05, 0.1) is 38.4 Å². The third-order valence-corrected chi connectivity index (χ3v) is 6.85. The summed E-state index contributed by atoms with van der Waals surface area (Å²) in [6.07, 6.45) is -0.670. The molecule has 0 unspecified atom stereocenters. The van der Waals surface area contributed by atoms with Crippen LogP contribution in [0.15, 0.2) is 41.3 Å². The number of aliphatic hydroxyl groups is 1. The molecule has 7 nitrogen and oxygen atoms in total. The van der Waals surface area contributed by atoms with Crippen LogP contribution in [-0.4, -0.2) is 52.2 Å². The molecule has 146 valence electrons. The van der Waals surface area contributed by atoms with Crippen molar-refractivity contribution >= 4 is 10.0 Å². The molecule has 2 atom stereocenters. The molecule has 2 aromatic rings. The second kappa shape index (κ2) is 7.38. The summed E-state index contributed by atoms with van der Waals surface area (Å²) in [5.41, 5.74) is 1.17. The zero-order valence-electron chi connectivity index (χ0n) is 15.7. The van der Waals surface area contributed by atoms with Gasteiger partial charge in [0, 0.05) is 12.6 Å². The predicted octanol–water partition coefficient (Wildman–Crippen LogP) is 1.99. The summed E-state index contributed by atoms with van der Waals surface area (Å²) in [7, 11) is 2.35. The summed E-state index contributed by atoms with van der Waals surface area (Å²) < 4.78 is 42.9. The molecule has 27 heavy (non-hydrogen) atoms. The second-order valence-electron chi connectivity index (χ2n) is 6.31. The van der Waals surface area contributed by atoms with Crippen molar-refractivity contribution in [2.75, 3.05) is 28.4 Å². The lowest BCUT2D eigenvalue weighted by atomic mass is 9.95. The lowest BCUT2D eigenvalue weighted by Gasteiger charge is -2.37. The Balaban J connectivity index is 2.03. The zero-order valence-corrected chi connectivity index (χ0v) is 16.5. The average molecular weight is 393 g/mol. The summed E-state index contributed by atoms with van der Waals surface area (Å²) in [4.78, 5) is 0.140. The van der Waals surface area contributed by atoms with E-state index in [2.05, 4.69) is 0 Å². The van der Waals surface area contributed by atoms with Crippen molar-refractivity contribution in [1.82, 2.24) is 4.31 Å². The largest absolute Gasteiger partial charge is 0.493 e. The lowest BCUT2D eigenvalue weighted by Crippen LogP contribution is -2.46. The molecule has 2 aromatic carbocycles. The highest BCUT2D eigenvalue weighted by Crippen LogP contribution is 2.41. The SMILES string of the molecule is COc1cc(C[C@H]2[C@@H](O)c3ccccc3S(=O)(=O)N2C)cc(OC)c1OC. The zero-order chi connectivity index (χ0) is 19.8. The van der Waals surface area contributed by atoms with E-state index in [4.69, 9.17) is 14.2 Å². The van der Waals surface area contributed by atoms with Gasteiger partial charge in [-0.2, -0.15) is 4.31 Å². The van der Waals surface area contributed by atoms with Gasteiger partial charge in [-0.05, 0) is 30.2 Å². The fraction of sp³-hybridized carbons (Fsp3) is 0.368. The Morgan fingerprint density at radius 1 is 1.04 bits per heavy atom. The van der Waals surface area contributed by atoms with Crippen LogP contribution in [0.25, 0.3) is 0 Å². The molecule has 3 rings (SSSR count). The highest BCUT2D eigenvalue weighted by Gasteiger charge is 2.41. The number of ether oxygens (including phenoxy) is 3. The van der Waals surface area contributed by atoms with Gasteiger partial charge in [0.1, 0.15) is 0 Å². The quantitative estimate of drug-likeness (QED) is 0.836. The number of hydrogen-bond donors (Lipinski definition) is 1. The third kappa shape index (κ3) is 3.24. The Bertz CT molecular complexity index is 918. The van der Waals surface area contributed by atoms with Gasteiger partial charge in [-0.3, -0.25) is 0 Å². The molecule has 0 fully saturated rings. The fourth-order valence-electron chi connectivity index (χ4n) is 3.43. The van der Waals surface area contributed by atoms with Crippen LogP contribution >= 0.6 is 0 Å². The number of rotatable bonds is 5. The minimum absolute atomic E-state index is 0.140. The Morgan fingerprint density at radius 2 is 1.63 bits per heavy atom. The van der Waals surface area contributed by atoms with Gasteiger partial charge < -0.3 is 19.3 Å². The molecule has 0 saturated heterocycles. The Hall–Kier alpha value is -2.29. The van der Waals surface area contributed by atoms with Crippen molar-refractivity contribution in [3.05, 3.63) is 47.5 Å². The topological polar surface area (TPSA) is 85.3 Å². The number of likely N-dealkylation sites (N-methyl/N-ethyl adjacent to an activating group) is 1. The molecule has 0 saturated carbocycles. The van der Waals surface area contributed by atoms with E-state index in [1.54, 1.807) is 30.3 Å². The first-order valence-corrected chi connectivity index (χ1v) is 9.83. The molecule has 8 heteroatoms. The van der Waals surface area contributed by atoms with Crippen LogP contribution in [0.3, 0.4) is 0 Å². The highest BCUT2D eigenvalue weighted by molar-refractivity contribution is 7.89.